The lowest BCUT2D eigenvalue weighted by Gasteiger charge is -2.39. The molecule has 0 bridgehead atoms. The number of aliphatic hydroxyl groups is 4. The van der Waals surface area contributed by atoms with Gasteiger partial charge in [0.25, 0.3) is 0 Å². The van der Waals surface area contributed by atoms with Crippen molar-refractivity contribution in [2.75, 3.05) is 19.0 Å². The van der Waals surface area contributed by atoms with Crippen LogP contribution in [0.25, 0.3) is 0 Å². The quantitative estimate of drug-likeness (QED) is 0.300. The molecule has 0 aromatic rings. The summed E-state index contributed by atoms with van der Waals surface area (Å²) in [6.07, 6.45) is -3.21. The number of ether oxygens (including phenoxy) is 2. The first-order chi connectivity index (χ1) is 8.61. The zero-order valence-electron chi connectivity index (χ0n) is 10.2. The van der Waals surface area contributed by atoms with Crippen molar-refractivity contribution in [2.24, 2.45) is 0 Å². The van der Waals surface area contributed by atoms with Gasteiger partial charge in [-0.05, 0) is 18.6 Å². The fraction of sp³-hybridized carbons (Fsp3) is 1.00. The van der Waals surface area contributed by atoms with E-state index in [1.165, 1.54) is 0 Å². The van der Waals surface area contributed by atoms with Crippen molar-refractivity contribution < 1.29 is 29.9 Å². The number of hydrogen-bond donors (Lipinski definition) is 5. The molecule has 0 saturated carbocycles. The van der Waals surface area contributed by atoms with E-state index in [-0.39, 0.29) is 0 Å². The Kier molecular flexibility index (Phi) is 7.47. The van der Waals surface area contributed by atoms with E-state index in [0.29, 0.717) is 6.61 Å². The van der Waals surface area contributed by atoms with Crippen LogP contribution in [0.4, 0.5) is 0 Å². The molecule has 0 aromatic heterocycles. The van der Waals surface area contributed by atoms with Gasteiger partial charge in [-0.1, -0.05) is 6.42 Å². The first-order valence-electron chi connectivity index (χ1n) is 6.14. The molecule has 0 amide bonds. The summed E-state index contributed by atoms with van der Waals surface area (Å²) in [4.78, 5) is 0. The molecule has 6 nitrogen and oxygen atoms in total. The van der Waals surface area contributed by atoms with Gasteiger partial charge in [0.05, 0.1) is 6.61 Å². The molecule has 1 rings (SSSR count). The zero-order chi connectivity index (χ0) is 13.5. The van der Waals surface area contributed by atoms with E-state index in [1.807, 2.05) is 0 Å². The molecule has 1 saturated heterocycles. The molecule has 0 radical (unpaired) electrons. The summed E-state index contributed by atoms with van der Waals surface area (Å²) in [6.45, 7) is -0.0546. The van der Waals surface area contributed by atoms with Gasteiger partial charge in [-0.15, -0.1) is 0 Å². The highest BCUT2D eigenvalue weighted by Gasteiger charge is 2.43. The van der Waals surface area contributed by atoms with Crippen LogP contribution in [0.5, 0.6) is 0 Å². The van der Waals surface area contributed by atoms with Crippen LogP contribution < -0.4 is 0 Å². The Labute approximate surface area is 112 Å². The lowest BCUT2D eigenvalue weighted by atomic mass is 9.99. The first kappa shape index (κ1) is 16.2. The third-order valence-corrected chi connectivity index (χ3v) is 3.25. The highest BCUT2D eigenvalue weighted by molar-refractivity contribution is 7.80. The minimum absolute atomic E-state index is 0.385. The van der Waals surface area contributed by atoms with Crippen LogP contribution in [0, 0.1) is 0 Å². The van der Waals surface area contributed by atoms with Crippen LogP contribution in [-0.4, -0.2) is 70.1 Å². The Morgan fingerprint density at radius 1 is 1.00 bits per heavy atom. The van der Waals surface area contributed by atoms with Crippen molar-refractivity contribution in [3.8, 4) is 0 Å². The normalized spacial score (nSPS) is 36.8. The molecular formula is C11H22O6S. The lowest BCUT2D eigenvalue weighted by Crippen LogP contribution is -2.59. The Bertz CT molecular complexity index is 228. The van der Waals surface area contributed by atoms with Crippen LogP contribution in [-0.2, 0) is 9.47 Å². The van der Waals surface area contributed by atoms with Crippen molar-refractivity contribution in [1.29, 1.82) is 0 Å². The van der Waals surface area contributed by atoms with E-state index in [2.05, 4.69) is 12.6 Å². The summed E-state index contributed by atoms with van der Waals surface area (Å²) in [5, 5.41) is 37.7. The Hall–Kier alpha value is 0.110. The maximum Gasteiger partial charge on any atom is 0.186 e. The number of hydrogen-bond acceptors (Lipinski definition) is 7. The predicted molar refractivity (Wildman–Crippen MR) is 67.4 cm³/mol. The third kappa shape index (κ3) is 4.34. The number of thiol groups is 1. The zero-order valence-corrected chi connectivity index (χ0v) is 11.1. The van der Waals surface area contributed by atoms with Gasteiger partial charge in [0, 0.05) is 6.61 Å². The van der Waals surface area contributed by atoms with Gasteiger partial charge in [0.1, 0.15) is 24.4 Å². The second-order valence-electron chi connectivity index (χ2n) is 4.35. The smallest absolute Gasteiger partial charge is 0.186 e. The molecule has 0 aliphatic carbocycles. The Balaban J connectivity index is 2.35. The van der Waals surface area contributed by atoms with E-state index in [4.69, 9.17) is 14.6 Å². The molecule has 0 spiro atoms. The van der Waals surface area contributed by atoms with E-state index < -0.39 is 37.3 Å². The maximum absolute atomic E-state index is 9.67. The summed E-state index contributed by atoms with van der Waals surface area (Å²) in [6, 6.07) is 0. The van der Waals surface area contributed by atoms with Crippen molar-refractivity contribution >= 4 is 12.6 Å². The highest BCUT2D eigenvalue weighted by atomic mass is 32.1. The average Bonchev–Trinajstić information content (AvgIpc) is 2.38. The summed E-state index contributed by atoms with van der Waals surface area (Å²) in [7, 11) is 0. The molecule has 1 heterocycles. The minimum Gasteiger partial charge on any atom is -0.394 e. The Morgan fingerprint density at radius 3 is 2.33 bits per heavy atom. The number of aliphatic hydroxyl groups excluding tert-OH is 4. The fourth-order valence-electron chi connectivity index (χ4n) is 1.80. The predicted octanol–water partition coefficient (Wildman–Crippen LogP) is -1.10. The molecule has 18 heavy (non-hydrogen) atoms. The van der Waals surface area contributed by atoms with Gasteiger partial charge < -0.3 is 29.9 Å². The molecule has 7 heteroatoms. The van der Waals surface area contributed by atoms with Gasteiger partial charge in [0.2, 0.25) is 0 Å². The summed E-state index contributed by atoms with van der Waals surface area (Å²) < 4.78 is 10.5. The van der Waals surface area contributed by atoms with Crippen molar-refractivity contribution in [3.05, 3.63) is 0 Å². The summed E-state index contributed by atoms with van der Waals surface area (Å²) in [5.74, 6) is 0.819. The second kappa shape index (κ2) is 8.31. The molecule has 1 fully saturated rings. The SMILES string of the molecule is OCC1O[C@H](OCCCCCS)C(O)C(O)[C@@H]1O. The fourth-order valence-corrected chi connectivity index (χ4v) is 2.02. The molecular weight excluding hydrogens is 260 g/mol. The largest absolute Gasteiger partial charge is 0.394 e. The van der Waals surface area contributed by atoms with Crippen molar-refractivity contribution in [2.45, 2.75) is 50.0 Å². The van der Waals surface area contributed by atoms with Gasteiger partial charge in [0.15, 0.2) is 6.29 Å². The topological polar surface area (TPSA) is 99.4 Å². The van der Waals surface area contributed by atoms with E-state index in [0.717, 1.165) is 25.0 Å². The molecule has 108 valence electrons. The molecule has 4 N–H and O–H groups in total. The first-order valence-corrected chi connectivity index (χ1v) is 6.78. The lowest BCUT2D eigenvalue weighted by molar-refractivity contribution is -0.301. The van der Waals surface area contributed by atoms with Gasteiger partial charge in [-0.2, -0.15) is 12.6 Å². The Morgan fingerprint density at radius 2 is 1.72 bits per heavy atom. The van der Waals surface area contributed by atoms with Gasteiger partial charge in [-0.25, -0.2) is 0 Å². The average molecular weight is 282 g/mol. The second-order valence-corrected chi connectivity index (χ2v) is 4.80. The van der Waals surface area contributed by atoms with Crippen molar-refractivity contribution in [1.82, 2.24) is 0 Å². The number of rotatable bonds is 7. The van der Waals surface area contributed by atoms with Crippen LogP contribution in [0.3, 0.4) is 0 Å². The van der Waals surface area contributed by atoms with Gasteiger partial charge in [-0.3, -0.25) is 0 Å². The van der Waals surface area contributed by atoms with Gasteiger partial charge >= 0.3 is 0 Å². The molecule has 1 aliphatic heterocycles. The molecule has 1 aliphatic rings. The van der Waals surface area contributed by atoms with E-state index >= 15 is 0 Å². The summed E-state index contributed by atoms with van der Waals surface area (Å²) >= 11 is 4.09. The van der Waals surface area contributed by atoms with Crippen LogP contribution >= 0.6 is 12.6 Å². The summed E-state index contributed by atoms with van der Waals surface area (Å²) in [5.41, 5.74) is 0. The van der Waals surface area contributed by atoms with Crippen LogP contribution in [0.1, 0.15) is 19.3 Å². The van der Waals surface area contributed by atoms with Crippen molar-refractivity contribution in [3.63, 3.8) is 0 Å². The molecule has 5 atom stereocenters. The molecule has 3 unspecified atom stereocenters. The maximum atomic E-state index is 9.67. The standard InChI is InChI=1S/C11H22O6S/c12-6-7-8(13)9(14)10(15)11(17-7)16-4-2-1-3-5-18/h7-15,18H,1-6H2/t7?,8-,9?,10?,11+/m1/s1. The van der Waals surface area contributed by atoms with Crippen LogP contribution in [0.15, 0.2) is 0 Å². The number of unbranched alkanes of at least 4 members (excludes halogenated alkanes) is 2. The third-order valence-electron chi connectivity index (χ3n) is 2.93. The molecule has 0 aromatic carbocycles. The highest BCUT2D eigenvalue weighted by Crippen LogP contribution is 2.22. The van der Waals surface area contributed by atoms with E-state index in [9.17, 15) is 15.3 Å². The monoisotopic (exact) mass is 282 g/mol. The van der Waals surface area contributed by atoms with E-state index in [1.54, 1.807) is 0 Å². The van der Waals surface area contributed by atoms with Crippen LogP contribution in [0.2, 0.25) is 0 Å². The minimum atomic E-state index is -1.38.